The monoisotopic (exact) mass is 459 g/mol. The molecule has 0 aromatic heterocycles. The fourth-order valence-corrected chi connectivity index (χ4v) is 4.04. The standard InChI is InChI=1S/C17H18INO4S/c1-3-23-17(20)12-19(15-6-4-5-14(18)11-15)24(21,22)16-9-7-13(2)8-10-16/h4-11H,3,12H2,1-2H3. The van der Waals surface area contributed by atoms with E-state index in [1.807, 2.05) is 13.0 Å². The molecule has 0 saturated heterocycles. The summed E-state index contributed by atoms with van der Waals surface area (Å²) in [5.41, 5.74) is 1.38. The van der Waals surface area contributed by atoms with Crippen LogP contribution in [0.4, 0.5) is 5.69 Å². The van der Waals surface area contributed by atoms with Crippen molar-refractivity contribution in [2.24, 2.45) is 0 Å². The summed E-state index contributed by atoms with van der Waals surface area (Å²) in [6.07, 6.45) is 0. The average Bonchev–Trinajstić information content (AvgIpc) is 2.53. The molecule has 0 fully saturated rings. The molecule has 2 aromatic rings. The van der Waals surface area contributed by atoms with E-state index in [0.29, 0.717) is 5.69 Å². The second-order valence-electron chi connectivity index (χ2n) is 5.11. The summed E-state index contributed by atoms with van der Waals surface area (Å²) in [6, 6.07) is 13.5. The first-order valence-corrected chi connectivity index (χ1v) is 9.87. The van der Waals surface area contributed by atoms with Gasteiger partial charge >= 0.3 is 5.97 Å². The summed E-state index contributed by atoms with van der Waals surface area (Å²) < 4.78 is 32.9. The van der Waals surface area contributed by atoms with E-state index in [9.17, 15) is 13.2 Å². The lowest BCUT2D eigenvalue weighted by Gasteiger charge is -2.24. The van der Waals surface area contributed by atoms with Crippen LogP contribution in [0.2, 0.25) is 0 Å². The maximum absolute atomic E-state index is 13.0. The van der Waals surface area contributed by atoms with E-state index < -0.39 is 16.0 Å². The minimum absolute atomic E-state index is 0.135. The van der Waals surface area contributed by atoms with Crippen LogP contribution in [-0.4, -0.2) is 27.5 Å². The summed E-state index contributed by atoms with van der Waals surface area (Å²) in [7, 11) is -3.87. The summed E-state index contributed by atoms with van der Waals surface area (Å²) in [5, 5.41) is 0. The molecular formula is C17H18INO4S. The summed E-state index contributed by atoms with van der Waals surface area (Å²) >= 11 is 2.10. The number of benzene rings is 2. The Morgan fingerprint density at radius 3 is 2.42 bits per heavy atom. The Bertz CT molecular complexity index is 819. The van der Waals surface area contributed by atoms with Crippen molar-refractivity contribution in [1.29, 1.82) is 0 Å². The van der Waals surface area contributed by atoms with Crippen molar-refractivity contribution in [3.63, 3.8) is 0 Å². The zero-order chi connectivity index (χ0) is 17.7. The molecule has 2 rings (SSSR count). The van der Waals surface area contributed by atoms with Crippen molar-refractivity contribution in [2.45, 2.75) is 18.7 Å². The van der Waals surface area contributed by atoms with Crippen LogP contribution in [0.25, 0.3) is 0 Å². The fourth-order valence-electron chi connectivity index (χ4n) is 2.11. The van der Waals surface area contributed by atoms with E-state index in [-0.39, 0.29) is 18.0 Å². The number of hydrogen-bond donors (Lipinski definition) is 0. The highest BCUT2D eigenvalue weighted by Gasteiger charge is 2.27. The van der Waals surface area contributed by atoms with Gasteiger partial charge in [0.15, 0.2) is 0 Å². The van der Waals surface area contributed by atoms with Gasteiger partial charge in [-0.3, -0.25) is 9.10 Å². The highest BCUT2D eigenvalue weighted by molar-refractivity contribution is 14.1. The van der Waals surface area contributed by atoms with Crippen LogP contribution in [0.1, 0.15) is 12.5 Å². The highest BCUT2D eigenvalue weighted by Crippen LogP contribution is 2.25. The number of nitrogens with zero attached hydrogens (tertiary/aromatic N) is 1. The minimum atomic E-state index is -3.87. The van der Waals surface area contributed by atoms with Crippen LogP contribution >= 0.6 is 22.6 Å². The number of ether oxygens (including phenoxy) is 1. The van der Waals surface area contributed by atoms with Gasteiger partial charge in [0.25, 0.3) is 10.0 Å². The topological polar surface area (TPSA) is 63.7 Å². The Labute approximate surface area is 155 Å². The molecule has 0 N–H and O–H groups in total. The molecule has 0 spiro atoms. The van der Waals surface area contributed by atoms with Gasteiger partial charge in [-0.15, -0.1) is 0 Å². The predicted molar refractivity (Wildman–Crippen MR) is 102 cm³/mol. The Morgan fingerprint density at radius 2 is 1.83 bits per heavy atom. The number of carbonyl (C=O) groups is 1. The molecular weight excluding hydrogens is 441 g/mol. The molecule has 0 unspecified atom stereocenters. The van der Waals surface area contributed by atoms with E-state index >= 15 is 0 Å². The Kier molecular flexibility index (Phi) is 6.22. The van der Waals surface area contributed by atoms with Crippen molar-refractivity contribution in [1.82, 2.24) is 0 Å². The highest BCUT2D eigenvalue weighted by atomic mass is 127. The Hall–Kier alpha value is -1.61. The van der Waals surface area contributed by atoms with Crippen molar-refractivity contribution in [2.75, 3.05) is 17.5 Å². The summed E-state index contributed by atoms with van der Waals surface area (Å²) in [4.78, 5) is 12.0. The van der Waals surface area contributed by atoms with E-state index in [1.165, 1.54) is 12.1 Å². The molecule has 5 nitrogen and oxygen atoms in total. The second-order valence-corrected chi connectivity index (χ2v) is 8.22. The molecule has 24 heavy (non-hydrogen) atoms. The molecule has 0 aliphatic heterocycles. The quantitative estimate of drug-likeness (QED) is 0.491. The fraction of sp³-hybridized carbons (Fsp3) is 0.235. The number of hydrogen-bond acceptors (Lipinski definition) is 4. The lowest BCUT2D eigenvalue weighted by Crippen LogP contribution is -2.36. The zero-order valence-electron chi connectivity index (χ0n) is 13.4. The van der Waals surface area contributed by atoms with Gasteiger partial charge in [0, 0.05) is 3.57 Å². The van der Waals surface area contributed by atoms with Crippen LogP contribution in [0, 0.1) is 10.5 Å². The predicted octanol–water partition coefficient (Wildman–Crippen LogP) is 3.36. The van der Waals surface area contributed by atoms with E-state index in [0.717, 1.165) is 13.4 Å². The van der Waals surface area contributed by atoms with E-state index in [2.05, 4.69) is 22.6 Å². The summed E-state index contributed by atoms with van der Waals surface area (Å²) in [6.45, 7) is 3.39. The SMILES string of the molecule is CCOC(=O)CN(c1cccc(I)c1)S(=O)(=O)c1ccc(C)cc1. The molecule has 0 amide bonds. The molecule has 0 saturated carbocycles. The van der Waals surface area contributed by atoms with Gasteiger partial charge in [0.1, 0.15) is 6.54 Å². The molecule has 0 heterocycles. The number of carbonyl (C=O) groups excluding carboxylic acids is 1. The third-order valence-electron chi connectivity index (χ3n) is 3.28. The third-order valence-corrected chi connectivity index (χ3v) is 5.74. The van der Waals surface area contributed by atoms with Gasteiger partial charge < -0.3 is 4.74 Å². The van der Waals surface area contributed by atoms with Crippen molar-refractivity contribution < 1.29 is 17.9 Å². The number of sulfonamides is 1. The lowest BCUT2D eigenvalue weighted by molar-refractivity contribution is -0.141. The number of halogens is 1. The molecule has 0 radical (unpaired) electrons. The molecule has 0 aliphatic rings. The van der Waals surface area contributed by atoms with Gasteiger partial charge in [-0.25, -0.2) is 8.42 Å². The normalized spacial score (nSPS) is 11.1. The largest absolute Gasteiger partial charge is 0.465 e. The van der Waals surface area contributed by atoms with Gasteiger partial charge in [0.05, 0.1) is 17.2 Å². The van der Waals surface area contributed by atoms with Gasteiger partial charge in [-0.05, 0) is 66.8 Å². The molecule has 0 atom stereocenters. The van der Waals surface area contributed by atoms with Gasteiger partial charge in [-0.2, -0.15) is 0 Å². The van der Waals surface area contributed by atoms with Crippen molar-refractivity contribution in [3.8, 4) is 0 Å². The molecule has 0 aliphatic carbocycles. The number of aryl methyl sites for hydroxylation is 1. The third kappa shape index (κ3) is 4.47. The molecule has 7 heteroatoms. The van der Waals surface area contributed by atoms with E-state index in [1.54, 1.807) is 37.3 Å². The van der Waals surface area contributed by atoms with Crippen molar-refractivity contribution >= 4 is 44.3 Å². The minimum Gasteiger partial charge on any atom is -0.465 e. The smallest absolute Gasteiger partial charge is 0.326 e. The van der Waals surface area contributed by atoms with Crippen LogP contribution in [-0.2, 0) is 19.6 Å². The Morgan fingerprint density at radius 1 is 1.17 bits per heavy atom. The van der Waals surface area contributed by atoms with Gasteiger partial charge in [0.2, 0.25) is 0 Å². The maximum Gasteiger partial charge on any atom is 0.326 e. The van der Waals surface area contributed by atoms with Crippen LogP contribution in [0.3, 0.4) is 0 Å². The first-order valence-electron chi connectivity index (χ1n) is 7.35. The van der Waals surface area contributed by atoms with Crippen molar-refractivity contribution in [3.05, 3.63) is 57.7 Å². The van der Waals surface area contributed by atoms with Crippen LogP contribution < -0.4 is 4.31 Å². The Balaban J connectivity index is 2.48. The van der Waals surface area contributed by atoms with Crippen LogP contribution in [0.5, 0.6) is 0 Å². The summed E-state index contributed by atoms with van der Waals surface area (Å²) in [5.74, 6) is -0.591. The zero-order valence-corrected chi connectivity index (χ0v) is 16.4. The number of rotatable bonds is 6. The molecule has 2 aromatic carbocycles. The first-order chi connectivity index (χ1) is 11.3. The molecule has 0 bridgehead atoms. The van der Waals surface area contributed by atoms with Gasteiger partial charge in [-0.1, -0.05) is 23.8 Å². The second kappa shape index (κ2) is 7.98. The van der Waals surface area contributed by atoms with E-state index in [4.69, 9.17) is 4.74 Å². The lowest BCUT2D eigenvalue weighted by atomic mass is 10.2. The number of esters is 1. The first kappa shape index (κ1) is 18.7. The number of anilines is 1. The average molecular weight is 459 g/mol. The molecule has 128 valence electrons. The van der Waals surface area contributed by atoms with Crippen LogP contribution in [0.15, 0.2) is 53.4 Å². The maximum atomic E-state index is 13.0.